The van der Waals surface area contributed by atoms with Gasteiger partial charge < -0.3 is 19.8 Å². The molecule has 158 valence electrons. The molecule has 3 saturated heterocycles. The van der Waals surface area contributed by atoms with Gasteiger partial charge in [-0.2, -0.15) is 0 Å². The number of hydrogen-bond donors (Lipinski definition) is 1. The second-order valence-corrected chi connectivity index (χ2v) is 9.36. The second kappa shape index (κ2) is 8.07. The molecule has 1 spiro atoms. The average molecular weight is 400 g/mol. The van der Waals surface area contributed by atoms with Gasteiger partial charge in [0.1, 0.15) is 5.60 Å². The predicted octanol–water partition coefficient (Wildman–Crippen LogP) is 1.87. The summed E-state index contributed by atoms with van der Waals surface area (Å²) in [5.41, 5.74) is 0.0725. The fourth-order valence-corrected chi connectivity index (χ4v) is 5.14. The van der Waals surface area contributed by atoms with E-state index < -0.39 is 5.60 Å². The highest BCUT2D eigenvalue weighted by atomic mass is 16.3. The van der Waals surface area contributed by atoms with E-state index in [9.17, 15) is 14.7 Å². The molecule has 6 nitrogen and oxygen atoms in total. The van der Waals surface area contributed by atoms with Gasteiger partial charge in [0.25, 0.3) is 5.91 Å². The van der Waals surface area contributed by atoms with Crippen LogP contribution in [0.2, 0.25) is 0 Å². The van der Waals surface area contributed by atoms with E-state index in [1.54, 1.807) is 0 Å². The van der Waals surface area contributed by atoms with Crippen LogP contribution in [0, 0.1) is 5.41 Å². The van der Waals surface area contributed by atoms with Crippen LogP contribution in [0.15, 0.2) is 30.3 Å². The zero-order valence-electron chi connectivity index (χ0n) is 17.5. The summed E-state index contributed by atoms with van der Waals surface area (Å²) in [5, 5.41) is 10.9. The minimum atomic E-state index is -1.20. The zero-order valence-corrected chi connectivity index (χ0v) is 17.5. The Labute approximate surface area is 173 Å². The molecule has 6 heteroatoms. The van der Waals surface area contributed by atoms with Crippen LogP contribution in [0.25, 0.3) is 0 Å². The van der Waals surface area contributed by atoms with E-state index >= 15 is 0 Å². The number of carbonyl (C=O) groups is 2. The maximum absolute atomic E-state index is 13.0. The fraction of sp³-hybridized carbons (Fsp3) is 0.652. The smallest absolute Gasteiger partial charge is 0.254 e. The average Bonchev–Trinajstić information content (AvgIpc) is 2.74. The van der Waals surface area contributed by atoms with Gasteiger partial charge in [0.15, 0.2) is 0 Å². The first-order chi connectivity index (χ1) is 13.9. The first-order valence-electron chi connectivity index (χ1n) is 10.9. The molecule has 0 saturated carbocycles. The van der Waals surface area contributed by atoms with Crippen LogP contribution in [0.1, 0.15) is 44.1 Å². The normalized spacial score (nSPS) is 24.7. The molecule has 0 aromatic heterocycles. The summed E-state index contributed by atoms with van der Waals surface area (Å²) >= 11 is 0. The van der Waals surface area contributed by atoms with Gasteiger partial charge in [-0.1, -0.05) is 30.3 Å². The SMILES string of the molecule is CN1CCC(O)(C(=O)N2CCC3(CCC(=O)N(Cc4ccccc4)C3)CC2)CC1. The molecule has 3 heterocycles. The van der Waals surface area contributed by atoms with Gasteiger partial charge in [0.05, 0.1) is 0 Å². The van der Waals surface area contributed by atoms with E-state index in [2.05, 4.69) is 17.0 Å². The lowest BCUT2D eigenvalue weighted by molar-refractivity contribution is -0.160. The molecule has 1 aromatic rings. The number of amides is 2. The molecule has 0 atom stereocenters. The minimum Gasteiger partial charge on any atom is -0.380 e. The van der Waals surface area contributed by atoms with Gasteiger partial charge in [-0.05, 0) is 50.1 Å². The van der Waals surface area contributed by atoms with Crippen molar-refractivity contribution in [2.75, 3.05) is 39.8 Å². The summed E-state index contributed by atoms with van der Waals surface area (Å²) in [6.07, 6.45) is 4.36. The van der Waals surface area contributed by atoms with Crippen LogP contribution in [0.3, 0.4) is 0 Å². The largest absolute Gasteiger partial charge is 0.380 e. The molecular formula is C23H33N3O3. The lowest BCUT2D eigenvalue weighted by Crippen LogP contribution is -2.58. The predicted molar refractivity (Wildman–Crippen MR) is 111 cm³/mol. The van der Waals surface area contributed by atoms with Gasteiger partial charge in [-0.25, -0.2) is 0 Å². The molecule has 0 aliphatic carbocycles. The van der Waals surface area contributed by atoms with Gasteiger partial charge in [-0.3, -0.25) is 9.59 Å². The van der Waals surface area contributed by atoms with Crippen LogP contribution >= 0.6 is 0 Å². The first kappa shape index (κ1) is 20.4. The Kier molecular flexibility index (Phi) is 5.67. The van der Waals surface area contributed by atoms with E-state index in [1.165, 1.54) is 0 Å². The van der Waals surface area contributed by atoms with E-state index in [0.717, 1.165) is 44.5 Å². The number of hydrogen-bond acceptors (Lipinski definition) is 4. The van der Waals surface area contributed by atoms with Gasteiger partial charge >= 0.3 is 0 Å². The number of benzene rings is 1. The van der Waals surface area contributed by atoms with Crippen LogP contribution in [-0.2, 0) is 16.1 Å². The molecule has 1 aromatic carbocycles. The monoisotopic (exact) mass is 399 g/mol. The van der Waals surface area contributed by atoms with Crippen LogP contribution in [0.5, 0.6) is 0 Å². The Bertz CT molecular complexity index is 735. The molecule has 0 unspecified atom stereocenters. The molecule has 3 aliphatic heterocycles. The molecule has 3 aliphatic rings. The van der Waals surface area contributed by atoms with E-state index in [4.69, 9.17) is 0 Å². The molecule has 2 amide bonds. The van der Waals surface area contributed by atoms with E-state index in [-0.39, 0.29) is 17.2 Å². The molecule has 29 heavy (non-hydrogen) atoms. The number of rotatable bonds is 3. The molecule has 4 rings (SSSR count). The van der Waals surface area contributed by atoms with Crippen molar-refractivity contribution in [3.8, 4) is 0 Å². The Morgan fingerprint density at radius 1 is 1.00 bits per heavy atom. The number of piperidine rings is 3. The highest BCUT2D eigenvalue weighted by Crippen LogP contribution is 2.41. The zero-order chi connectivity index (χ0) is 20.5. The van der Waals surface area contributed by atoms with Gasteiger partial charge in [-0.15, -0.1) is 0 Å². The van der Waals surface area contributed by atoms with Crippen molar-refractivity contribution < 1.29 is 14.7 Å². The third-order valence-corrected chi connectivity index (χ3v) is 7.29. The van der Waals surface area contributed by atoms with Crippen molar-refractivity contribution in [2.24, 2.45) is 5.41 Å². The Morgan fingerprint density at radius 2 is 1.66 bits per heavy atom. The quantitative estimate of drug-likeness (QED) is 0.843. The van der Waals surface area contributed by atoms with Gasteiger partial charge in [0.2, 0.25) is 5.91 Å². The maximum Gasteiger partial charge on any atom is 0.254 e. The van der Waals surface area contributed by atoms with E-state index in [1.807, 2.05) is 35.0 Å². The highest BCUT2D eigenvalue weighted by molar-refractivity contribution is 5.85. The lowest BCUT2D eigenvalue weighted by Gasteiger charge is -2.49. The van der Waals surface area contributed by atoms with Crippen LogP contribution < -0.4 is 0 Å². The molecular weight excluding hydrogens is 366 g/mol. The van der Waals surface area contributed by atoms with Crippen LogP contribution in [-0.4, -0.2) is 77.0 Å². The standard InChI is InChI=1S/C23H33N3O3/c1-24-13-11-23(29,12-14-24)21(28)25-15-9-22(10-16-25)8-7-20(27)26(18-22)17-19-5-3-2-4-6-19/h2-6,29H,7-18H2,1H3. The number of likely N-dealkylation sites (tertiary alicyclic amines) is 3. The van der Waals surface area contributed by atoms with Crippen molar-refractivity contribution in [3.05, 3.63) is 35.9 Å². The van der Waals surface area contributed by atoms with E-state index in [0.29, 0.717) is 38.9 Å². The molecule has 1 N–H and O–H groups in total. The molecule has 3 fully saturated rings. The summed E-state index contributed by atoms with van der Waals surface area (Å²) in [7, 11) is 2.03. The minimum absolute atomic E-state index is 0.0894. The fourth-order valence-electron chi connectivity index (χ4n) is 5.14. The van der Waals surface area contributed by atoms with Gasteiger partial charge in [0, 0.05) is 45.7 Å². The Hall–Kier alpha value is -1.92. The summed E-state index contributed by atoms with van der Waals surface area (Å²) in [6, 6.07) is 10.2. The maximum atomic E-state index is 13.0. The van der Waals surface area contributed by atoms with Crippen molar-refractivity contribution in [1.82, 2.24) is 14.7 Å². The summed E-state index contributed by atoms with van der Waals surface area (Å²) in [4.78, 5) is 31.5. The van der Waals surface area contributed by atoms with Crippen molar-refractivity contribution in [1.29, 1.82) is 0 Å². The highest BCUT2D eigenvalue weighted by Gasteiger charge is 2.46. The summed E-state index contributed by atoms with van der Waals surface area (Å²) in [6.45, 7) is 4.33. The number of carbonyl (C=O) groups excluding carboxylic acids is 2. The lowest BCUT2D eigenvalue weighted by atomic mass is 9.72. The number of nitrogens with zero attached hydrogens (tertiary/aromatic N) is 3. The van der Waals surface area contributed by atoms with Crippen LogP contribution in [0.4, 0.5) is 0 Å². The first-order valence-corrected chi connectivity index (χ1v) is 10.9. The number of aliphatic hydroxyl groups is 1. The Balaban J connectivity index is 1.36. The van der Waals surface area contributed by atoms with Crippen molar-refractivity contribution in [3.63, 3.8) is 0 Å². The van der Waals surface area contributed by atoms with Crippen molar-refractivity contribution >= 4 is 11.8 Å². The topological polar surface area (TPSA) is 64.1 Å². The second-order valence-electron chi connectivity index (χ2n) is 9.36. The summed E-state index contributed by atoms with van der Waals surface area (Å²) < 4.78 is 0. The molecule has 0 bridgehead atoms. The van der Waals surface area contributed by atoms with Crippen molar-refractivity contribution in [2.45, 2.75) is 50.7 Å². The third-order valence-electron chi connectivity index (χ3n) is 7.29. The summed E-state index contributed by atoms with van der Waals surface area (Å²) in [5.74, 6) is 0.145. The third kappa shape index (κ3) is 4.33. The molecule has 0 radical (unpaired) electrons. The Morgan fingerprint density at radius 3 is 2.31 bits per heavy atom.